The van der Waals surface area contributed by atoms with Crippen molar-refractivity contribution in [2.45, 2.75) is 107 Å². The Kier molecular flexibility index (Phi) is 7.90. The SMILES string of the molecule is c1ccc(N2CCN(C(C3CCCC3)P(C3CCCCC3)C3CCCCC3)CC2)cc1. The molecule has 172 valence electrons. The van der Waals surface area contributed by atoms with Gasteiger partial charge in [0.25, 0.3) is 0 Å². The average molecular weight is 441 g/mol. The second-order valence-corrected chi connectivity index (χ2v) is 13.7. The number of benzene rings is 1. The molecule has 31 heavy (non-hydrogen) atoms. The van der Waals surface area contributed by atoms with Crippen LogP contribution in [0.5, 0.6) is 0 Å². The first-order chi connectivity index (χ1) is 15.4. The second-order valence-electron chi connectivity index (χ2n) is 10.8. The van der Waals surface area contributed by atoms with E-state index in [2.05, 4.69) is 40.1 Å². The van der Waals surface area contributed by atoms with Crippen LogP contribution in [0, 0.1) is 5.92 Å². The van der Waals surface area contributed by atoms with Gasteiger partial charge in [0.1, 0.15) is 0 Å². The first-order valence-corrected chi connectivity index (χ1v) is 15.3. The lowest BCUT2D eigenvalue weighted by atomic mass is 9.99. The predicted molar refractivity (Wildman–Crippen MR) is 137 cm³/mol. The smallest absolute Gasteiger partial charge is 0.0367 e. The number of nitrogens with zero attached hydrogens (tertiary/aromatic N) is 2. The molecule has 4 aliphatic rings. The molecule has 0 amide bonds. The molecule has 1 unspecified atom stereocenters. The van der Waals surface area contributed by atoms with Crippen molar-refractivity contribution >= 4 is 13.6 Å². The lowest BCUT2D eigenvalue weighted by Crippen LogP contribution is -2.53. The van der Waals surface area contributed by atoms with E-state index in [-0.39, 0.29) is 7.92 Å². The number of rotatable bonds is 6. The molecular formula is C28H45N2P. The van der Waals surface area contributed by atoms with Crippen LogP contribution in [0.1, 0.15) is 89.9 Å². The van der Waals surface area contributed by atoms with Crippen LogP contribution in [0.4, 0.5) is 5.69 Å². The Hall–Kier alpha value is -0.590. The molecule has 0 aromatic heterocycles. The van der Waals surface area contributed by atoms with Gasteiger partial charge >= 0.3 is 0 Å². The molecule has 3 aliphatic carbocycles. The zero-order valence-electron chi connectivity index (χ0n) is 19.8. The molecule has 0 radical (unpaired) electrons. The Morgan fingerprint density at radius 3 is 1.68 bits per heavy atom. The van der Waals surface area contributed by atoms with Crippen molar-refractivity contribution in [3.05, 3.63) is 30.3 Å². The van der Waals surface area contributed by atoms with Gasteiger partial charge in [-0.3, -0.25) is 4.90 Å². The molecule has 1 aromatic rings. The lowest BCUT2D eigenvalue weighted by Gasteiger charge is -2.51. The Bertz CT molecular complexity index is 620. The van der Waals surface area contributed by atoms with Crippen LogP contribution < -0.4 is 4.90 Å². The first-order valence-electron chi connectivity index (χ1n) is 13.7. The monoisotopic (exact) mass is 440 g/mol. The minimum Gasteiger partial charge on any atom is -0.369 e. The minimum absolute atomic E-state index is 0.145. The summed E-state index contributed by atoms with van der Waals surface area (Å²) >= 11 is 0. The van der Waals surface area contributed by atoms with Gasteiger partial charge in [-0.1, -0.05) is 77.5 Å². The molecule has 0 bridgehead atoms. The third-order valence-electron chi connectivity index (χ3n) is 8.93. The van der Waals surface area contributed by atoms with E-state index in [0.29, 0.717) is 0 Å². The van der Waals surface area contributed by atoms with Gasteiger partial charge in [-0.05, 0) is 67.9 Å². The van der Waals surface area contributed by atoms with E-state index in [0.717, 1.165) is 23.0 Å². The molecule has 3 heteroatoms. The van der Waals surface area contributed by atoms with Gasteiger partial charge in [-0.2, -0.15) is 0 Å². The number of hydrogen-bond donors (Lipinski definition) is 0. The molecule has 2 nitrogen and oxygen atoms in total. The number of hydrogen-bond acceptors (Lipinski definition) is 2. The molecule has 0 N–H and O–H groups in total. The standard InChI is InChI=1S/C28H45N2P/c1-4-14-25(15-5-1)29-20-22-30(23-21-29)28(24-12-10-11-13-24)31(26-16-6-2-7-17-26)27-18-8-3-9-19-27/h1,4-5,14-15,24,26-28H,2-3,6-13,16-23H2. The van der Waals surface area contributed by atoms with Crippen molar-refractivity contribution in [1.29, 1.82) is 0 Å². The van der Waals surface area contributed by atoms with Crippen molar-refractivity contribution in [2.24, 2.45) is 5.92 Å². The first kappa shape index (κ1) is 22.2. The average Bonchev–Trinajstić information content (AvgIpc) is 3.39. The zero-order valence-corrected chi connectivity index (χ0v) is 20.7. The maximum atomic E-state index is 3.06. The number of piperazine rings is 1. The van der Waals surface area contributed by atoms with Gasteiger partial charge in [0, 0.05) is 37.6 Å². The summed E-state index contributed by atoms with van der Waals surface area (Å²) in [4.78, 5) is 5.70. The largest absolute Gasteiger partial charge is 0.369 e. The molecule has 1 heterocycles. The molecule has 1 atom stereocenters. The van der Waals surface area contributed by atoms with E-state index in [4.69, 9.17) is 0 Å². The van der Waals surface area contributed by atoms with Crippen molar-refractivity contribution in [3.63, 3.8) is 0 Å². The van der Waals surface area contributed by atoms with Crippen LogP contribution in [-0.2, 0) is 0 Å². The highest BCUT2D eigenvalue weighted by Gasteiger charge is 2.43. The predicted octanol–water partition coefficient (Wildman–Crippen LogP) is 7.47. The highest BCUT2D eigenvalue weighted by atomic mass is 31.1. The fourth-order valence-corrected chi connectivity index (χ4v) is 12.1. The van der Waals surface area contributed by atoms with Crippen molar-refractivity contribution < 1.29 is 0 Å². The third kappa shape index (κ3) is 5.33. The van der Waals surface area contributed by atoms with Gasteiger partial charge < -0.3 is 4.90 Å². The quantitative estimate of drug-likeness (QED) is 0.423. The molecule has 0 spiro atoms. The normalized spacial score (nSPS) is 26.5. The van der Waals surface area contributed by atoms with Crippen LogP contribution in [0.3, 0.4) is 0 Å². The van der Waals surface area contributed by atoms with Gasteiger partial charge in [0.2, 0.25) is 0 Å². The van der Waals surface area contributed by atoms with E-state index in [1.54, 1.807) is 25.7 Å². The van der Waals surface area contributed by atoms with Gasteiger partial charge in [-0.25, -0.2) is 0 Å². The number of para-hydroxylation sites is 1. The Morgan fingerprint density at radius 2 is 1.13 bits per heavy atom. The highest BCUT2D eigenvalue weighted by Crippen LogP contribution is 2.62. The van der Waals surface area contributed by atoms with Crippen LogP contribution in [0.2, 0.25) is 0 Å². The maximum Gasteiger partial charge on any atom is 0.0367 e. The highest BCUT2D eigenvalue weighted by molar-refractivity contribution is 7.59. The zero-order chi connectivity index (χ0) is 20.9. The van der Waals surface area contributed by atoms with Crippen LogP contribution in [-0.4, -0.2) is 48.2 Å². The molecule has 3 saturated carbocycles. The van der Waals surface area contributed by atoms with Crippen molar-refractivity contribution in [1.82, 2.24) is 4.90 Å². The molecule has 1 saturated heterocycles. The summed E-state index contributed by atoms with van der Waals surface area (Å²) in [6.45, 7) is 5.06. The van der Waals surface area contributed by atoms with Crippen molar-refractivity contribution in [2.75, 3.05) is 31.1 Å². The fraction of sp³-hybridized carbons (Fsp3) is 0.786. The molecular weight excluding hydrogens is 395 g/mol. The van der Waals surface area contributed by atoms with E-state index < -0.39 is 0 Å². The maximum absolute atomic E-state index is 3.06. The van der Waals surface area contributed by atoms with Crippen LogP contribution in [0.25, 0.3) is 0 Å². The van der Waals surface area contributed by atoms with E-state index in [1.807, 2.05) is 0 Å². The summed E-state index contributed by atoms with van der Waals surface area (Å²) in [5, 5.41) is 0. The summed E-state index contributed by atoms with van der Waals surface area (Å²) in [6, 6.07) is 11.2. The molecule has 1 aliphatic heterocycles. The summed E-state index contributed by atoms with van der Waals surface area (Å²) in [6.07, 6.45) is 21.4. The van der Waals surface area contributed by atoms with Gasteiger partial charge in [-0.15, -0.1) is 0 Å². The summed E-state index contributed by atoms with van der Waals surface area (Å²) in [5.74, 6) is 1.96. The molecule has 1 aromatic carbocycles. The third-order valence-corrected chi connectivity index (χ3v) is 13.0. The van der Waals surface area contributed by atoms with Crippen LogP contribution in [0.15, 0.2) is 30.3 Å². The van der Waals surface area contributed by atoms with Crippen LogP contribution >= 0.6 is 7.92 Å². The fourth-order valence-electron chi connectivity index (χ4n) is 7.36. The Balaban J connectivity index is 1.36. The van der Waals surface area contributed by atoms with E-state index in [1.165, 1.54) is 96.1 Å². The summed E-state index contributed by atoms with van der Waals surface area (Å²) < 4.78 is 0. The van der Waals surface area contributed by atoms with E-state index >= 15 is 0 Å². The van der Waals surface area contributed by atoms with Gasteiger partial charge in [0.05, 0.1) is 0 Å². The van der Waals surface area contributed by atoms with E-state index in [9.17, 15) is 0 Å². The second kappa shape index (κ2) is 11.0. The van der Waals surface area contributed by atoms with Gasteiger partial charge in [0.15, 0.2) is 0 Å². The molecule has 5 rings (SSSR count). The summed E-state index contributed by atoms with van der Waals surface area (Å²) in [7, 11) is 0.145. The number of anilines is 1. The topological polar surface area (TPSA) is 6.48 Å². The Morgan fingerprint density at radius 1 is 0.613 bits per heavy atom. The Labute approximate surface area is 192 Å². The minimum atomic E-state index is 0.145. The summed E-state index contributed by atoms with van der Waals surface area (Å²) in [5.41, 5.74) is 3.61. The molecule has 4 fully saturated rings. The van der Waals surface area contributed by atoms with Crippen molar-refractivity contribution in [3.8, 4) is 0 Å². The lowest BCUT2D eigenvalue weighted by molar-refractivity contribution is 0.188.